The highest BCUT2D eigenvalue weighted by atomic mass is 16.5. The Kier molecular flexibility index (Phi) is 4.43. The molecule has 1 saturated heterocycles. The summed E-state index contributed by atoms with van der Waals surface area (Å²) in [4.78, 5) is 23.8. The lowest BCUT2D eigenvalue weighted by Crippen LogP contribution is -2.46. The molecule has 1 aromatic rings. The molecule has 1 aliphatic heterocycles. The van der Waals surface area contributed by atoms with Gasteiger partial charge in [-0.25, -0.2) is 0 Å². The second-order valence-electron chi connectivity index (χ2n) is 5.07. The van der Waals surface area contributed by atoms with E-state index in [2.05, 4.69) is 6.07 Å². The molecule has 2 amide bonds. The maximum Gasteiger partial charge on any atom is 0.311 e. The van der Waals surface area contributed by atoms with E-state index >= 15 is 0 Å². The fraction of sp³-hybridized carbons (Fsp3) is 0.400. The van der Waals surface area contributed by atoms with Crippen molar-refractivity contribution in [2.75, 3.05) is 13.1 Å². The number of carbonyl (C=O) groups is 2. The molecule has 0 spiro atoms. The number of carbonyl (C=O) groups excluding carboxylic acids is 2. The van der Waals surface area contributed by atoms with Crippen molar-refractivity contribution in [2.24, 2.45) is 5.73 Å². The zero-order valence-electron chi connectivity index (χ0n) is 11.8. The highest BCUT2D eigenvalue weighted by Crippen LogP contribution is 2.24. The number of nitrogens with two attached hydrogens (primary N) is 1. The molecular formula is C15H17N3O3. The van der Waals surface area contributed by atoms with Gasteiger partial charge in [-0.15, -0.1) is 0 Å². The molecule has 6 heteroatoms. The zero-order valence-corrected chi connectivity index (χ0v) is 11.8. The van der Waals surface area contributed by atoms with Gasteiger partial charge in [-0.3, -0.25) is 9.59 Å². The molecule has 1 fully saturated rings. The van der Waals surface area contributed by atoms with E-state index in [-0.39, 0.29) is 6.10 Å². The summed E-state index contributed by atoms with van der Waals surface area (Å²) in [6.45, 7) is 2.81. The summed E-state index contributed by atoms with van der Waals surface area (Å²) < 4.78 is 5.91. The molecule has 0 radical (unpaired) electrons. The Bertz CT molecular complexity index is 599. The maximum absolute atomic E-state index is 11.5. The predicted molar refractivity (Wildman–Crippen MR) is 75.3 cm³/mol. The van der Waals surface area contributed by atoms with Crippen molar-refractivity contribution >= 4 is 11.8 Å². The van der Waals surface area contributed by atoms with Crippen molar-refractivity contribution in [3.8, 4) is 11.8 Å². The van der Waals surface area contributed by atoms with Crippen LogP contribution in [0.25, 0.3) is 0 Å². The van der Waals surface area contributed by atoms with E-state index in [4.69, 9.17) is 15.7 Å². The average Bonchev–Trinajstić information content (AvgIpc) is 2.49. The fourth-order valence-electron chi connectivity index (χ4n) is 2.31. The predicted octanol–water partition coefficient (Wildman–Crippen LogP) is 0.722. The lowest BCUT2D eigenvalue weighted by molar-refractivity contribution is -0.145. The minimum Gasteiger partial charge on any atom is -0.490 e. The number of benzene rings is 1. The van der Waals surface area contributed by atoms with Crippen LogP contribution >= 0.6 is 0 Å². The van der Waals surface area contributed by atoms with Crippen LogP contribution in [0, 0.1) is 18.3 Å². The van der Waals surface area contributed by atoms with Gasteiger partial charge in [-0.1, -0.05) is 6.07 Å². The summed E-state index contributed by atoms with van der Waals surface area (Å²) in [6.07, 6.45) is 1.24. The number of likely N-dealkylation sites (tertiary alicyclic amines) is 1. The average molecular weight is 287 g/mol. The van der Waals surface area contributed by atoms with Crippen molar-refractivity contribution in [2.45, 2.75) is 25.9 Å². The SMILES string of the molecule is Cc1ccc(C#N)cc1OC1CCN(C(=O)C(N)=O)CC1. The molecule has 1 heterocycles. The first-order chi connectivity index (χ1) is 10.0. The Morgan fingerprint density at radius 2 is 2.05 bits per heavy atom. The van der Waals surface area contributed by atoms with Crippen LogP contribution < -0.4 is 10.5 Å². The van der Waals surface area contributed by atoms with Gasteiger partial charge in [-0.2, -0.15) is 5.26 Å². The molecule has 1 aliphatic rings. The third-order valence-corrected chi connectivity index (χ3v) is 3.55. The number of nitrogens with zero attached hydrogens (tertiary/aromatic N) is 2. The highest BCUT2D eigenvalue weighted by molar-refractivity contribution is 6.34. The molecule has 0 aliphatic carbocycles. The van der Waals surface area contributed by atoms with Crippen LogP contribution in [0.1, 0.15) is 24.0 Å². The van der Waals surface area contributed by atoms with Gasteiger partial charge in [0.25, 0.3) is 0 Å². The fourth-order valence-corrected chi connectivity index (χ4v) is 2.31. The quantitative estimate of drug-likeness (QED) is 0.811. The molecule has 6 nitrogen and oxygen atoms in total. The minimum atomic E-state index is -0.924. The summed E-state index contributed by atoms with van der Waals surface area (Å²) >= 11 is 0. The second kappa shape index (κ2) is 6.27. The van der Waals surface area contributed by atoms with E-state index in [1.54, 1.807) is 12.1 Å². The third-order valence-electron chi connectivity index (χ3n) is 3.55. The monoisotopic (exact) mass is 287 g/mol. The van der Waals surface area contributed by atoms with E-state index in [0.29, 0.717) is 37.2 Å². The van der Waals surface area contributed by atoms with Crippen LogP contribution in [0.4, 0.5) is 0 Å². The van der Waals surface area contributed by atoms with E-state index in [9.17, 15) is 9.59 Å². The van der Waals surface area contributed by atoms with Crippen molar-refractivity contribution in [1.29, 1.82) is 5.26 Å². The normalized spacial score (nSPS) is 15.3. The van der Waals surface area contributed by atoms with E-state index in [1.165, 1.54) is 4.90 Å². The van der Waals surface area contributed by atoms with E-state index in [0.717, 1.165) is 5.56 Å². The molecule has 0 bridgehead atoms. The van der Waals surface area contributed by atoms with Crippen molar-refractivity contribution in [3.63, 3.8) is 0 Å². The summed E-state index contributed by atoms with van der Waals surface area (Å²) in [5.74, 6) is -0.878. The van der Waals surface area contributed by atoms with Crippen LogP contribution in [0.15, 0.2) is 18.2 Å². The van der Waals surface area contributed by atoms with E-state index < -0.39 is 11.8 Å². The summed E-state index contributed by atoms with van der Waals surface area (Å²) in [5.41, 5.74) is 6.50. The molecule has 21 heavy (non-hydrogen) atoms. The Morgan fingerprint density at radius 3 is 2.62 bits per heavy atom. The lowest BCUT2D eigenvalue weighted by atomic mass is 10.1. The molecule has 1 aromatic carbocycles. The standard InChI is InChI=1S/C15H17N3O3/c1-10-2-3-11(9-16)8-13(10)21-12-4-6-18(7-5-12)15(20)14(17)19/h2-3,8,12H,4-7H2,1H3,(H2,17,19). The smallest absolute Gasteiger partial charge is 0.311 e. The van der Waals surface area contributed by atoms with Crippen LogP contribution in [0.3, 0.4) is 0 Å². The van der Waals surface area contributed by atoms with Crippen LogP contribution in [0.5, 0.6) is 5.75 Å². The van der Waals surface area contributed by atoms with Gasteiger partial charge in [0.2, 0.25) is 0 Å². The molecule has 110 valence electrons. The Balaban J connectivity index is 1.97. The number of ether oxygens (including phenoxy) is 1. The van der Waals surface area contributed by atoms with Gasteiger partial charge in [0, 0.05) is 25.9 Å². The van der Waals surface area contributed by atoms with Gasteiger partial charge >= 0.3 is 11.8 Å². The van der Waals surface area contributed by atoms with E-state index in [1.807, 2.05) is 13.0 Å². The van der Waals surface area contributed by atoms with Crippen molar-refractivity contribution < 1.29 is 14.3 Å². The highest BCUT2D eigenvalue weighted by Gasteiger charge is 2.26. The van der Waals surface area contributed by atoms with Crippen LogP contribution in [0.2, 0.25) is 0 Å². The van der Waals surface area contributed by atoms with Gasteiger partial charge in [-0.05, 0) is 24.6 Å². The van der Waals surface area contributed by atoms with Crippen molar-refractivity contribution in [1.82, 2.24) is 4.90 Å². The first-order valence-electron chi connectivity index (χ1n) is 6.77. The number of amides is 2. The molecule has 0 aromatic heterocycles. The molecule has 0 atom stereocenters. The minimum absolute atomic E-state index is 0.0328. The third kappa shape index (κ3) is 3.51. The number of nitriles is 1. The summed E-state index contributed by atoms with van der Waals surface area (Å²) in [6, 6.07) is 7.39. The maximum atomic E-state index is 11.5. The number of hydrogen-bond acceptors (Lipinski definition) is 4. The van der Waals surface area contributed by atoms with Gasteiger partial charge in [0.05, 0.1) is 11.6 Å². The molecular weight excluding hydrogens is 270 g/mol. The molecule has 0 saturated carbocycles. The largest absolute Gasteiger partial charge is 0.490 e. The topological polar surface area (TPSA) is 96.4 Å². The summed E-state index contributed by atoms with van der Waals surface area (Å²) in [5, 5.41) is 8.91. The first kappa shape index (κ1) is 14.9. The molecule has 2 N–H and O–H groups in total. The van der Waals surface area contributed by atoms with Gasteiger partial charge in [0.1, 0.15) is 11.9 Å². The zero-order chi connectivity index (χ0) is 15.4. The van der Waals surface area contributed by atoms with Gasteiger partial charge in [0.15, 0.2) is 0 Å². The number of hydrogen-bond donors (Lipinski definition) is 1. The number of primary amides is 1. The number of piperidine rings is 1. The molecule has 2 rings (SSSR count). The Labute approximate surface area is 123 Å². The van der Waals surface area contributed by atoms with Crippen molar-refractivity contribution in [3.05, 3.63) is 29.3 Å². The van der Waals surface area contributed by atoms with Gasteiger partial charge < -0.3 is 15.4 Å². The lowest BCUT2D eigenvalue weighted by Gasteiger charge is -2.31. The Hall–Kier alpha value is -2.55. The molecule has 0 unspecified atom stereocenters. The van der Waals surface area contributed by atoms with Crippen LogP contribution in [-0.2, 0) is 9.59 Å². The van der Waals surface area contributed by atoms with Crippen LogP contribution in [-0.4, -0.2) is 35.9 Å². The number of rotatable bonds is 2. The Morgan fingerprint density at radius 1 is 1.38 bits per heavy atom. The second-order valence-corrected chi connectivity index (χ2v) is 5.07. The summed E-state index contributed by atoms with van der Waals surface area (Å²) in [7, 11) is 0. The first-order valence-corrected chi connectivity index (χ1v) is 6.77. The number of aryl methyl sites for hydroxylation is 1.